The standard InChI is InChI=1S/C16H28N2/c1-3-7-17-11-14-9-13(15(17)5-1)10-18(12-17)8-4-2-6-16(14)18/h13-16H,1-12H2/q+2. The largest absolute Gasteiger partial charge is 0.274 e. The Morgan fingerprint density at radius 2 is 1.22 bits per heavy atom. The SMILES string of the molecule is C1CC[N+]23CC4CC(C[N+]5(CCCCC45)C2)C3C1. The van der Waals surface area contributed by atoms with Gasteiger partial charge in [-0.2, -0.15) is 0 Å². The number of quaternary nitrogens is 2. The van der Waals surface area contributed by atoms with Crippen molar-refractivity contribution >= 4 is 0 Å². The van der Waals surface area contributed by atoms with Gasteiger partial charge in [0, 0.05) is 12.8 Å². The predicted molar refractivity (Wildman–Crippen MR) is 71.7 cm³/mol. The monoisotopic (exact) mass is 248 g/mol. The van der Waals surface area contributed by atoms with Crippen LogP contribution in [0.15, 0.2) is 0 Å². The lowest BCUT2D eigenvalue weighted by molar-refractivity contribution is -1.17. The van der Waals surface area contributed by atoms with Gasteiger partial charge in [0.05, 0.1) is 38.0 Å². The van der Waals surface area contributed by atoms with Crippen molar-refractivity contribution in [3.63, 3.8) is 0 Å². The average molecular weight is 248 g/mol. The molecular weight excluding hydrogens is 220 g/mol. The second-order valence-corrected chi connectivity index (χ2v) is 8.27. The quantitative estimate of drug-likeness (QED) is 0.577. The summed E-state index contributed by atoms with van der Waals surface area (Å²) in [6.07, 6.45) is 10.9. The first-order valence-corrected chi connectivity index (χ1v) is 8.53. The Bertz CT molecular complexity index is 347. The average Bonchev–Trinajstić information content (AvgIpc) is 2.37. The molecular formula is C16H28N2+2. The summed E-state index contributed by atoms with van der Waals surface area (Å²) < 4.78 is 3.18. The highest BCUT2D eigenvalue weighted by molar-refractivity contribution is 4.94. The van der Waals surface area contributed by atoms with Crippen LogP contribution in [0, 0.1) is 11.8 Å². The van der Waals surface area contributed by atoms with Gasteiger partial charge in [-0.1, -0.05) is 0 Å². The van der Waals surface area contributed by atoms with Crippen LogP contribution in [0.5, 0.6) is 0 Å². The second-order valence-electron chi connectivity index (χ2n) is 8.27. The van der Waals surface area contributed by atoms with E-state index in [-0.39, 0.29) is 0 Å². The maximum atomic E-state index is 1.62. The lowest BCUT2D eigenvalue weighted by Crippen LogP contribution is -2.86. The zero-order chi connectivity index (χ0) is 11.8. The molecule has 0 aromatic rings. The number of piperidine rings is 4. The van der Waals surface area contributed by atoms with Gasteiger partial charge in [-0.05, 0) is 32.1 Å². The van der Waals surface area contributed by atoms with E-state index in [0.29, 0.717) is 0 Å². The zero-order valence-electron chi connectivity index (χ0n) is 11.7. The summed E-state index contributed by atoms with van der Waals surface area (Å²) in [7, 11) is 0. The molecule has 2 heteroatoms. The predicted octanol–water partition coefficient (Wildman–Crippen LogP) is 2.35. The van der Waals surface area contributed by atoms with E-state index in [4.69, 9.17) is 0 Å². The van der Waals surface area contributed by atoms with Gasteiger partial charge in [-0.25, -0.2) is 0 Å². The minimum atomic E-state index is 1.10. The van der Waals surface area contributed by atoms with Gasteiger partial charge < -0.3 is 0 Å². The molecule has 6 heterocycles. The molecule has 0 aromatic carbocycles. The van der Waals surface area contributed by atoms with Crippen LogP contribution in [0.25, 0.3) is 0 Å². The molecule has 0 aromatic heterocycles. The third-order valence-electron chi connectivity index (χ3n) is 7.57. The van der Waals surface area contributed by atoms with Gasteiger partial charge in [0.1, 0.15) is 12.1 Å². The summed E-state index contributed by atoms with van der Waals surface area (Å²) in [6.45, 7) is 7.83. The fourth-order valence-electron chi connectivity index (χ4n) is 7.32. The summed E-state index contributed by atoms with van der Waals surface area (Å²) in [5.74, 6) is 2.24. The highest BCUT2D eigenvalue weighted by Gasteiger charge is 2.68. The summed E-state index contributed by atoms with van der Waals surface area (Å²) in [6, 6.07) is 2.20. The van der Waals surface area contributed by atoms with Crippen molar-refractivity contribution in [3.05, 3.63) is 0 Å². The van der Waals surface area contributed by atoms with Gasteiger partial charge in [0.15, 0.2) is 0 Å². The Morgan fingerprint density at radius 1 is 0.667 bits per heavy atom. The number of hydrogen-bond acceptors (Lipinski definition) is 0. The van der Waals surface area contributed by atoms with Crippen LogP contribution in [-0.2, 0) is 0 Å². The normalized spacial score (nSPS) is 61.3. The molecule has 0 saturated carbocycles. The Balaban J connectivity index is 1.59. The topological polar surface area (TPSA) is 0 Å². The van der Waals surface area contributed by atoms with Gasteiger partial charge >= 0.3 is 0 Å². The van der Waals surface area contributed by atoms with Crippen LogP contribution < -0.4 is 0 Å². The van der Waals surface area contributed by atoms with Crippen LogP contribution in [0.2, 0.25) is 0 Å². The third kappa shape index (κ3) is 1.13. The summed E-state index contributed by atoms with van der Waals surface area (Å²) in [4.78, 5) is 0. The molecule has 6 aliphatic rings. The van der Waals surface area contributed by atoms with E-state index in [1.165, 1.54) is 25.7 Å². The van der Waals surface area contributed by atoms with Crippen molar-refractivity contribution < 1.29 is 8.97 Å². The van der Waals surface area contributed by atoms with E-state index in [1.807, 2.05) is 0 Å². The van der Waals surface area contributed by atoms with Crippen LogP contribution in [0.3, 0.4) is 0 Å². The van der Waals surface area contributed by atoms with E-state index in [1.54, 1.807) is 61.1 Å². The first kappa shape index (κ1) is 10.7. The van der Waals surface area contributed by atoms with Crippen LogP contribution in [0.1, 0.15) is 44.9 Å². The van der Waals surface area contributed by atoms with Gasteiger partial charge in [-0.15, -0.1) is 0 Å². The van der Waals surface area contributed by atoms with Crippen molar-refractivity contribution in [2.24, 2.45) is 11.8 Å². The number of rotatable bonds is 0. The fraction of sp³-hybridized carbons (Fsp3) is 1.00. The number of hydrogen-bond donors (Lipinski definition) is 0. The molecule has 4 bridgehead atoms. The number of nitrogens with zero attached hydrogens (tertiary/aromatic N) is 2. The molecule has 100 valence electrons. The van der Waals surface area contributed by atoms with E-state index in [9.17, 15) is 0 Å². The molecule has 0 radical (unpaired) electrons. The molecule has 6 unspecified atom stereocenters. The summed E-state index contributed by atoms with van der Waals surface area (Å²) in [5, 5.41) is 0. The van der Waals surface area contributed by atoms with Gasteiger partial charge in [0.2, 0.25) is 6.67 Å². The highest BCUT2D eigenvalue weighted by atomic mass is 15.6. The molecule has 0 N–H and O–H groups in total. The minimum absolute atomic E-state index is 1.10. The zero-order valence-corrected chi connectivity index (χ0v) is 11.7. The molecule has 18 heavy (non-hydrogen) atoms. The fourth-order valence-corrected chi connectivity index (χ4v) is 7.32. The van der Waals surface area contributed by atoms with E-state index >= 15 is 0 Å². The van der Waals surface area contributed by atoms with Crippen molar-refractivity contribution in [1.29, 1.82) is 0 Å². The first-order valence-electron chi connectivity index (χ1n) is 8.53. The Labute approximate surface area is 111 Å². The van der Waals surface area contributed by atoms with Crippen molar-refractivity contribution in [3.8, 4) is 0 Å². The van der Waals surface area contributed by atoms with Crippen LogP contribution >= 0.6 is 0 Å². The third-order valence-corrected chi connectivity index (χ3v) is 7.57. The molecule has 0 amide bonds. The van der Waals surface area contributed by atoms with Crippen LogP contribution in [0.4, 0.5) is 0 Å². The lowest BCUT2D eigenvalue weighted by atomic mass is 9.65. The molecule has 2 spiro atoms. The van der Waals surface area contributed by atoms with Crippen molar-refractivity contribution in [2.45, 2.75) is 57.0 Å². The highest BCUT2D eigenvalue weighted by Crippen LogP contribution is 2.54. The molecule has 6 saturated heterocycles. The maximum absolute atomic E-state index is 1.62. The Hall–Kier alpha value is -0.0800. The molecule has 6 fully saturated rings. The smallest absolute Gasteiger partial charge is 0.208 e. The lowest BCUT2D eigenvalue weighted by Gasteiger charge is -2.70. The molecule has 0 aliphatic carbocycles. The summed E-state index contributed by atoms with van der Waals surface area (Å²) in [5.41, 5.74) is 0. The maximum Gasteiger partial charge on any atom is 0.208 e. The van der Waals surface area contributed by atoms with E-state index < -0.39 is 0 Å². The summed E-state index contributed by atoms with van der Waals surface area (Å²) >= 11 is 0. The van der Waals surface area contributed by atoms with Gasteiger partial charge in [0.25, 0.3) is 0 Å². The molecule has 6 atom stereocenters. The van der Waals surface area contributed by atoms with E-state index in [2.05, 4.69) is 0 Å². The molecule has 6 aliphatic heterocycles. The molecule has 2 nitrogen and oxygen atoms in total. The second kappa shape index (κ2) is 3.32. The Kier molecular flexibility index (Phi) is 1.97. The van der Waals surface area contributed by atoms with E-state index in [0.717, 1.165) is 23.9 Å². The van der Waals surface area contributed by atoms with Crippen molar-refractivity contribution in [2.75, 3.05) is 32.8 Å². The minimum Gasteiger partial charge on any atom is -0.274 e. The van der Waals surface area contributed by atoms with Crippen LogP contribution in [-0.4, -0.2) is 53.9 Å². The molecule has 6 rings (SSSR count). The Morgan fingerprint density at radius 3 is 1.78 bits per heavy atom. The first-order chi connectivity index (χ1) is 8.81. The van der Waals surface area contributed by atoms with Crippen molar-refractivity contribution in [1.82, 2.24) is 0 Å². The van der Waals surface area contributed by atoms with Gasteiger partial charge in [-0.3, -0.25) is 8.97 Å².